The maximum Gasteiger partial charge on any atom is 0.0702 e. The Morgan fingerprint density at radius 1 is 1.05 bits per heavy atom. The van der Waals surface area contributed by atoms with Gasteiger partial charge in [0.2, 0.25) is 0 Å². The maximum atomic E-state index is 11.0. The highest BCUT2D eigenvalue weighted by molar-refractivity contribution is 7.99. The van der Waals surface area contributed by atoms with Crippen molar-refractivity contribution >= 4 is 11.8 Å². The molecule has 0 amide bonds. The minimum atomic E-state index is -0.461. The van der Waals surface area contributed by atoms with Gasteiger partial charge in [-0.25, -0.2) is 0 Å². The largest absolute Gasteiger partial charge is 0.390 e. The van der Waals surface area contributed by atoms with Crippen LogP contribution in [0.3, 0.4) is 0 Å². The van der Waals surface area contributed by atoms with Gasteiger partial charge in [-0.15, -0.1) is 0 Å². The van der Waals surface area contributed by atoms with Crippen LogP contribution in [-0.2, 0) is 4.74 Å². The third kappa shape index (κ3) is 2.97. The number of hydrogen-bond donors (Lipinski definition) is 2. The molecule has 2 heterocycles. The van der Waals surface area contributed by atoms with Crippen LogP contribution in [0.5, 0.6) is 0 Å². The van der Waals surface area contributed by atoms with Gasteiger partial charge in [0.1, 0.15) is 0 Å². The van der Waals surface area contributed by atoms with Gasteiger partial charge < -0.3 is 15.6 Å². The molecule has 1 atom stereocenters. The fraction of sp³-hybridized carbons (Fsp3) is 1.00. The summed E-state index contributed by atoms with van der Waals surface area (Å²) in [6.45, 7) is 0.837. The average Bonchev–Trinajstić information content (AvgIpc) is 2.43. The molecule has 0 aromatic rings. The van der Waals surface area contributed by atoms with Gasteiger partial charge in [0.05, 0.1) is 11.2 Å². The Morgan fingerprint density at radius 3 is 2.42 bits per heavy atom. The number of nitrogens with two attached hydrogens (primary N) is 1. The Bertz CT molecular complexity index is 304. The minimum absolute atomic E-state index is 0.0868. The third-order valence-electron chi connectivity index (χ3n) is 5.55. The molecule has 0 aromatic heterocycles. The first-order valence-corrected chi connectivity index (χ1v) is 8.97. The first-order chi connectivity index (χ1) is 9.12. The smallest absolute Gasteiger partial charge is 0.0702 e. The molecule has 1 spiro atoms. The number of aliphatic hydroxyl groups is 1. The van der Waals surface area contributed by atoms with Gasteiger partial charge in [0.15, 0.2) is 0 Å². The minimum Gasteiger partial charge on any atom is -0.390 e. The predicted octanol–water partition coefficient (Wildman–Crippen LogP) is 2.31. The lowest BCUT2D eigenvalue weighted by Crippen LogP contribution is -2.52. The second-order valence-electron chi connectivity index (χ2n) is 6.77. The summed E-state index contributed by atoms with van der Waals surface area (Å²) in [4.78, 5) is 0. The van der Waals surface area contributed by atoms with Crippen LogP contribution in [0.4, 0.5) is 0 Å². The van der Waals surface area contributed by atoms with E-state index in [9.17, 15) is 5.11 Å². The van der Waals surface area contributed by atoms with Crippen molar-refractivity contribution in [1.29, 1.82) is 0 Å². The van der Waals surface area contributed by atoms with Crippen LogP contribution in [0.15, 0.2) is 0 Å². The van der Waals surface area contributed by atoms with Crippen LogP contribution in [0.1, 0.15) is 51.4 Å². The quantitative estimate of drug-likeness (QED) is 0.776. The lowest BCUT2D eigenvalue weighted by atomic mass is 9.67. The van der Waals surface area contributed by atoms with E-state index in [2.05, 4.69) is 0 Å². The summed E-state index contributed by atoms with van der Waals surface area (Å²) < 4.78 is 6.14. The zero-order valence-corrected chi connectivity index (χ0v) is 12.6. The zero-order valence-electron chi connectivity index (χ0n) is 11.8. The molecule has 1 saturated carbocycles. The number of rotatable bonds is 1. The summed E-state index contributed by atoms with van der Waals surface area (Å²) in [7, 11) is 0. The van der Waals surface area contributed by atoms with Gasteiger partial charge in [0.25, 0.3) is 0 Å². The van der Waals surface area contributed by atoms with Crippen LogP contribution in [0, 0.1) is 5.92 Å². The van der Waals surface area contributed by atoms with Crippen LogP contribution in [0.25, 0.3) is 0 Å². The van der Waals surface area contributed by atoms with E-state index in [1.807, 2.05) is 11.8 Å². The van der Waals surface area contributed by atoms with Crippen molar-refractivity contribution in [2.24, 2.45) is 11.7 Å². The summed E-state index contributed by atoms with van der Waals surface area (Å²) in [5.74, 6) is 2.86. The summed E-state index contributed by atoms with van der Waals surface area (Å²) in [6.07, 6.45) is 8.19. The summed E-state index contributed by atoms with van der Waals surface area (Å²) in [5.41, 5.74) is 5.61. The molecule has 0 aromatic carbocycles. The molecular weight excluding hydrogens is 258 g/mol. The molecule has 0 bridgehead atoms. The lowest BCUT2D eigenvalue weighted by Gasteiger charge is -2.49. The van der Waals surface area contributed by atoms with Crippen molar-refractivity contribution in [2.45, 2.75) is 68.6 Å². The first-order valence-electron chi connectivity index (χ1n) is 7.82. The Kier molecular flexibility index (Phi) is 4.14. The van der Waals surface area contributed by atoms with Gasteiger partial charge in [-0.3, -0.25) is 0 Å². The lowest BCUT2D eigenvalue weighted by molar-refractivity contribution is -0.155. The third-order valence-corrected chi connectivity index (χ3v) is 6.54. The van der Waals surface area contributed by atoms with Gasteiger partial charge in [-0.05, 0) is 68.8 Å². The molecule has 2 aliphatic heterocycles. The van der Waals surface area contributed by atoms with Crippen molar-refractivity contribution < 1.29 is 9.84 Å². The highest BCUT2D eigenvalue weighted by atomic mass is 32.2. The van der Waals surface area contributed by atoms with E-state index in [0.717, 1.165) is 45.1 Å². The predicted molar refractivity (Wildman–Crippen MR) is 79.4 cm³/mol. The molecular formula is C15H27NO2S. The zero-order chi connectivity index (χ0) is 13.3. The van der Waals surface area contributed by atoms with E-state index in [1.165, 1.54) is 24.3 Å². The van der Waals surface area contributed by atoms with E-state index in [1.54, 1.807) is 0 Å². The van der Waals surface area contributed by atoms with E-state index in [-0.39, 0.29) is 5.60 Å². The van der Waals surface area contributed by atoms with Crippen molar-refractivity contribution in [3.05, 3.63) is 0 Å². The molecule has 110 valence electrons. The van der Waals surface area contributed by atoms with Crippen LogP contribution in [0.2, 0.25) is 0 Å². The Balaban J connectivity index is 1.67. The molecule has 3 fully saturated rings. The molecule has 1 aliphatic carbocycles. The fourth-order valence-corrected chi connectivity index (χ4v) is 5.36. The van der Waals surface area contributed by atoms with Gasteiger partial charge in [0, 0.05) is 12.6 Å². The molecule has 0 radical (unpaired) electrons. The monoisotopic (exact) mass is 285 g/mol. The molecule has 19 heavy (non-hydrogen) atoms. The van der Waals surface area contributed by atoms with Crippen molar-refractivity contribution in [1.82, 2.24) is 0 Å². The molecule has 2 saturated heterocycles. The first kappa shape index (κ1) is 14.2. The summed E-state index contributed by atoms with van der Waals surface area (Å²) in [6, 6.07) is 0.306. The Morgan fingerprint density at radius 2 is 1.74 bits per heavy atom. The topological polar surface area (TPSA) is 55.5 Å². The van der Waals surface area contributed by atoms with E-state index < -0.39 is 5.60 Å². The molecule has 3 N–H and O–H groups in total. The molecule has 4 heteroatoms. The van der Waals surface area contributed by atoms with Gasteiger partial charge in [-0.1, -0.05) is 0 Å². The standard InChI is InChI=1S/C15H27NO2S/c16-13-1-4-15(17,5-2-13)12-3-8-18-14(11-12)6-9-19-10-7-14/h12-13,17H,1-11,16H2. The second-order valence-corrected chi connectivity index (χ2v) is 8.00. The molecule has 3 aliphatic rings. The Hall–Kier alpha value is 0.230. The van der Waals surface area contributed by atoms with Crippen molar-refractivity contribution in [3.63, 3.8) is 0 Å². The highest BCUT2D eigenvalue weighted by Gasteiger charge is 2.47. The normalized spacial score (nSPS) is 43.3. The number of thioether (sulfide) groups is 1. The van der Waals surface area contributed by atoms with Crippen LogP contribution >= 0.6 is 11.8 Å². The van der Waals surface area contributed by atoms with Gasteiger partial charge in [-0.2, -0.15) is 11.8 Å². The number of ether oxygens (including phenoxy) is 1. The van der Waals surface area contributed by atoms with Gasteiger partial charge >= 0.3 is 0 Å². The van der Waals surface area contributed by atoms with E-state index >= 15 is 0 Å². The highest BCUT2D eigenvalue weighted by Crippen LogP contribution is 2.46. The van der Waals surface area contributed by atoms with Crippen LogP contribution < -0.4 is 5.73 Å². The average molecular weight is 285 g/mol. The molecule has 3 nitrogen and oxygen atoms in total. The summed E-state index contributed by atoms with van der Waals surface area (Å²) >= 11 is 2.04. The molecule has 1 unspecified atom stereocenters. The van der Waals surface area contributed by atoms with Crippen LogP contribution in [-0.4, -0.2) is 40.5 Å². The Labute approximate surface area is 120 Å². The maximum absolute atomic E-state index is 11.0. The molecule has 3 rings (SSSR count). The van der Waals surface area contributed by atoms with Crippen molar-refractivity contribution in [2.75, 3.05) is 18.1 Å². The number of hydrogen-bond acceptors (Lipinski definition) is 4. The summed E-state index contributed by atoms with van der Waals surface area (Å²) in [5, 5.41) is 11.0. The van der Waals surface area contributed by atoms with E-state index in [4.69, 9.17) is 10.5 Å². The SMILES string of the molecule is NC1CCC(O)(C2CCOC3(CCSCC3)C2)CC1. The fourth-order valence-electron chi connectivity index (χ4n) is 4.13. The van der Waals surface area contributed by atoms with E-state index in [0.29, 0.717) is 12.0 Å². The van der Waals surface area contributed by atoms with Crippen molar-refractivity contribution in [3.8, 4) is 0 Å². The second kappa shape index (κ2) is 5.55.